The first-order chi connectivity index (χ1) is 18.0. The maximum Gasteiger partial charge on any atom is 0.322 e. The van der Waals surface area contributed by atoms with E-state index in [2.05, 4.69) is 17.2 Å². The van der Waals surface area contributed by atoms with Crippen molar-refractivity contribution in [1.82, 2.24) is 20.4 Å². The third-order valence-corrected chi connectivity index (χ3v) is 6.44. The van der Waals surface area contributed by atoms with Gasteiger partial charge >= 0.3 is 6.03 Å². The summed E-state index contributed by atoms with van der Waals surface area (Å²) in [4.78, 5) is 43.4. The largest absolute Gasteiger partial charge is 0.467 e. The molecule has 5 rings (SSSR count). The monoisotopic (exact) mass is 500 g/mol. The van der Waals surface area contributed by atoms with Gasteiger partial charge in [-0.05, 0) is 35.4 Å². The second-order valence-electron chi connectivity index (χ2n) is 8.74. The lowest BCUT2D eigenvalue weighted by molar-refractivity contribution is -0.136. The third-order valence-electron chi connectivity index (χ3n) is 6.44. The van der Waals surface area contributed by atoms with Crippen molar-refractivity contribution in [2.75, 3.05) is 13.1 Å². The van der Waals surface area contributed by atoms with Crippen molar-refractivity contribution in [2.24, 2.45) is 0 Å². The van der Waals surface area contributed by atoms with Crippen LogP contribution in [0.15, 0.2) is 101 Å². The number of urea groups is 1. The van der Waals surface area contributed by atoms with Crippen LogP contribution in [0.5, 0.6) is 0 Å². The zero-order valence-corrected chi connectivity index (χ0v) is 19.9. The number of nitrogens with one attached hydrogen (secondary N) is 2. The van der Waals surface area contributed by atoms with Gasteiger partial charge in [0.2, 0.25) is 5.91 Å². The van der Waals surface area contributed by atoms with Crippen molar-refractivity contribution in [3.8, 4) is 0 Å². The van der Waals surface area contributed by atoms with E-state index in [1.54, 1.807) is 48.5 Å². The molecule has 0 aliphatic carbocycles. The maximum absolute atomic E-state index is 14.1. The van der Waals surface area contributed by atoms with Crippen molar-refractivity contribution in [3.63, 3.8) is 0 Å². The van der Waals surface area contributed by atoms with Gasteiger partial charge < -0.3 is 20.0 Å². The molecule has 1 aromatic heterocycles. The van der Waals surface area contributed by atoms with Gasteiger partial charge in [-0.2, -0.15) is 0 Å². The van der Waals surface area contributed by atoms with Gasteiger partial charge in [0.15, 0.2) is 0 Å². The van der Waals surface area contributed by atoms with E-state index in [9.17, 15) is 18.8 Å². The van der Waals surface area contributed by atoms with E-state index in [1.165, 1.54) is 34.3 Å². The highest BCUT2D eigenvalue weighted by molar-refractivity contribution is 6.03. The molecule has 3 aromatic rings. The van der Waals surface area contributed by atoms with Crippen LogP contribution in [0.2, 0.25) is 0 Å². The average molecular weight is 501 g/mol. The normalized spacial score (nSPS) is 17.9. The fraction of sp³-hybridized carbons (Fsp3) is 0.179. The zero-order chi connectivity index (χ0) is 25.9. The number of halogens is 1. The quantitative estimate of drug-likeness (QED) is 0.460. The van der Waals surface area contributed by atoms with Gasteiger partial charge in [0.05, 0.1) is 36.7 Å². The first-order valence-corrected chi connectivity index (χ1v) is 11.8. The summed E-state index contributed by atoms with van der Waals surface area (Å²) in [5.74, 6) is -0.722. The highest BCUT2D eigenvalue weighted by Crippen LogP contribution is 2.39. The van der Waals surface area contributed by atoms with Crippen LogP contribution in [0, 0.1) is 5.82 Å². The Balaban J connectivity index is 1.53. The fourth-order valence-electron chi connectivity index (χ4n) is 4.77. The molecule has 0 bridgehead atoms. The molecule has 0 unspecified atom stereocenters. The van der Waals surface area contributed by atoms with Gasteiger partial charge in [-0.3, -0.25) is 14.5 Å². The Labute approximate surface area is 213 Å². The molecule has 0 fully saturated rings. The van der Waals surface area contributed by atoms with Crippen molar-refractivity contribution in [3.05, 3.63) is 120 Å². The molecule has 4 amide bonds. The number of nitrogens with zero attached hydrogens (tertiary/aromatic N) is 2. The highest BCUT2D eigenvalue weighted by atomic mass is 19.1. The topological polar surface area (TPSA) is 94.9 Å². The van der Waals surface area contributed by atoms with Crippen molar-refractivity contribution in [2.45, 2.75) is 18.6 Å². The molecule has 8 nitrogen and oxygen atoms in total. The lowest BCUT2D eigenvalue weighted by atomic mass is 9.95. The minimum Gasteiger partial charge on any atom is -0.467 e. The van der Waals surface area contributed by atoms with Crippen LogP contribution in [0.3, 0.4) is 0 Å². The molecule has 0 radical (unpaired) electrons. The first-order valence-electron chi connectivity index (χ1n) is 11.8. The predicted octanol–water partition coefficient (Wildman–Crippen LogP) is 3.83. The Bertz CT molecular complexity index is 1370. The minimum atomic E-state index is -0.969. The van der Waals surface area contributed by atoms with Crippen LogP contribution < -0.4 is 10.6 Å². The van der Waals surface area contributed by atoms with E-state index < -0.39 is 35.7 Å². The molecule has 2 atom stereocenters. The number of carbonyl (C=O) groups excluding carboxylic acids is 3. The van der Waals surface area contributed by atoms with Gasteiger partial charge in [0.25, 0.3) is 5.91 Å². The van der Waals surface area contributed by atoms with Crippen LogP contribution in [-0.4, -0.2) is 40.7 Å². The summed E-state index contributed by atoms with van der Waals surface area (Å²) in [6.07, 6.45) is 3.08. The van der Waals surface area contributed by atoms with Crippen LogP contribution in [0.25, 0.3) is 0 Å². The lowest BCUT2D eigenvalue weighted by Gasteiger charge is -2.33. The molecule has 3 heterocycles. The van der Waals surface area contributed by atoms with E-state index >= 15 is 0 Å². The van der Waals surface area contributed by atoms with Crippen molar-refractivity contribution >= 4 is 17.8 Å². The molecular weight excluding hydrogens is 475 g/mol. The third kappa shape index (κ3) is 4.63. The van der Waals surface area contributed by atoms with Gasteiger partial charge in [0.1, 0.15) is 17.6 Å². The summed E-state index contributed by atoms with van der Waals surface area (Å²) in [6.45, 7) is 4.07. The Morgan fingerprint density at radius 2 is 1.97 bits per heavy atom. The predicted molar refractivity (Wildman–Crippen MR) is 133 cm³/mol. The second-order valence-corrected chi connectivity index (χ2v) is 8.74. The first kappa shape index (κ1) is 24.1. The van der Waals surface area contributed by atoms with E-state index in [-0.39, 0.29) is 19.6 Å². The summed E-state index contributed by atoms with van der Waals surface area (Å²) in [5.41, 5.74) is 1.81. The summed E-state index contributed by atoms with van der Waals surface area (Å²) >= 11 is 0. The molecular formula is C28H25FN4O4. The molecule has 2 aliphatic rings. The van der Waals surface area contributed by atoms with Crippen LogP contribution >= 0.6 is 0 Å². The molecule has 2 N–H and O–H groups in total. The van der Waals surface area contributed by atoms with Gasteiger partial charge in [-0.25, -0.2) is 9.18 Å². The van der Waals surface area contributed by atoms with Gasteiger partial charge in [-0.1, -0.05) is 48.5 Å². The second kappa shape index (κ2) is 10.1. The number of hydrogen-bond acceptors (Lipinski definition) is 4. The summed E-state index contributed by atoms with van der Waals surface area (Å²) in [6, 6.07) is 15.9. The van der Waals surface area contributed by atoms with Crippen LogP contribution in [0.1, 0.15) is 29.0 Å². The minimum absolute atomic E-state index is 0.0228. The molecule has 0 spiro atoms. The maximum atomic E-state index is 14.1. The molecule has 2 aliphatic heterocycles. The molecule has 9 heteroatoms. The molecule has 37 heavy (non-hydrogen) atoms. The van der Waals surface area contributed by atoms with E-state index in [1.807, 2.05) is 6.07 Å². The van der Waals surface area contributed by atoms with Crippen LogP contribution in [-0.2, 0) is 16.1 Å². The number of furan rings is 1. The summed E-state index contributed by atoms with van der Waals surface area (Å²) in [5, 5.41) is 5.67. The van der Waals surface area contributed by atoms with E-state index in [4.69, 9.17) is 4.42 Å². The molecule has 2 aromatic carbocycles. The molecule has 188 valence electrons. The Morgan fingerprint density at radius 1 is 1.16 bits per heavy atom. The van der Waals surface area contributed by atoms with E-state index in [0.717, 1.165) is 0 Å². The van der Waals surface area contributed by atoms with Crippen molar-refractivity contribution in [1.29, 1.82) is 0 Å². The molecule has 0 saturated heterocycles. The van der Waals surface area contributed by atoms with Gasteiger partial charge in [-0.15, -0.1) is 6.58 Å². The molecule has 0 saturated carbocycles. The zero-order valence-electron chi connectivity index (χ0n) is 19.9. The van der Waals surface area contributed by atoms with E-state index in [0.29, 0.717) is 28.2 Å². The number of rotatable bonds is 8. The number of carbonyl (C=O) groups is 3. The van der Waals surface area contributed by atoms with Crippen LogP contribution in [0.4, 0.5) is 9.18 Å². The SMILES string of the molecule is C=CCN1C(=O)N[C@@H](c2cccc(F)c2)C2=C1CN([C@H](C(=O)NCc1ccco1)c1ccccc1)C2=O. The Hall–Kier alpha value is -4.66. The highest BCUT2D eigenvalue weighted by Gasteiger charge is 2.47. The number of benzene rings is 2. The fourth-order valence-corrected chi connectivity index (χ4v) is 4.77. The standard InChI is InChI=1S/C28H25FN4O4/c1-2-13-32-22-17-33(27(35)23(22)24(31-28(32)36)19-10-6-11-20(29)15-19)25(18-8-4-3-5-9-18)26(34)30-16-21-12-7-14-37-21/h2-12,14-15,24-25H,1,13,16-17H2,(H,30,34)(H,31,36)/t24-,25-/m0/s1. The smallest absolute Gasteiger partial charge is 0.322 e. The Kier molecular flexibility index (Phi) is 6.59. The number of amides is 4. The van der Waals surface area contributed by atoms with Gasteiger partial charge in [0, 0.05) is 6.54 Å². The Morgan fingerprint density at radius 3 is 2.68 bits per heavy atom. The van der Waals surface area contributed by atoms with Crippen molar-refractivity contribution < 1.29 is 23.2 Å². The summed E-state index contributed by atoms with van der Waals surface area (Å²) in [7, 11) is 0. The lowest BCUT2D eigenvalue weighted by Crippen LogP contribution is -2.47. The number of hydrogen-bond donors (Lipinski definition) is 2. The average Bonchev–Trinajstić information content (AvgIpc) is 3.54. The summed E-state index contributed by atoms with van der Waals surface area (Å²) < 4.78 is 19.4.